The van der Waals surface area contributed by atoms with Crippen LogP contribution in [0.15, 0.2) is 48.7 Å². The van der Waals surface area contributed by atoms with E-state index in [1.807, 2.05) is 42.6 Å². The van der Waals surface area contributed by atoms with Gasteiger partial charge in [0.05, 0.1) is 17.8 Å². The molecule has 2 N–H and O–H groups in total. The first kappa shape index (κ1) is 21.8. The van der Waals surface area contributed by atoms with Crippen molar-refractivity contribution in [3.63, 3.8) is 0 Å². The van der Waals surface area contributed by atoms with Crippen molar-refractivity contribution >= 4 is 28.9 Å². The molecule has 0 saturated carbocycles. The van der Waals surface area contributed by atoms with Gasteiger partial charge in [-0.1, -0.05) is 23.7 Å². The topological polar surface area (TPSA) is 53.3 Å². The predicted octanol–water partition coefficient (Wildman–Crippen LogP) is 4.81. The summed E-state index contributed by atoms with van der Waals surface area (Å²) >= 11 is 12.0. The van der Waals surface area contributed by atoms with Gasteiger partial charge in [-0.25, -0.2) is 0 Å². The Kier molecular flexibility index (Phi) is 6.32. The third-order valence-corrected chi connectivity index (χ3v) is 6.71. The highest BCUT2D eigenvalue weighted by Crippen LogP contribution is 2.43. The fourth-order valence-corrected chi connectivity index (χ4v) is 5.16. The third-order valence-electron chi connectivity index (χ3n) is 6.12. The molecular weight excluding hydrogens is 428 g/mol. The number of aromatic nitrogens is 2. The molecule has 2 aromatic heterocycles. The molecule has 0 radical (unpaired) electrons. The Balaban J connectivity index is 1.88. The minimum Gasteiger partial charge on any atom is -0.396 e. The molecule has 162 valence electrons. The molecule has 0 aliphatic carbocycles. The summed E-state index contributed by atoms with van der Waals surface area (Å²) in [5, 5.41) is 14.4. The van der Waals surface area contributed by atoms with Crippen LogP contribution in [-0.2, 0) is 0 Å². The average Bonchev–Trinajstić information content (AvgIpc) is 3.19. The van der Waals surface area contributed by atoms with E-state index in [1.165, 1.54) is 16.8 Å². The number of nitrogens with zero attached hydrogens (tertiary/aromatic N) is 3. The Bertz CT molecular complexity index is 1100. The van der Waals surface area contributed by atoms with E-state index in [-0.39, 0.29) is 18.7 Å². The second-order valence-corrected chi connectivity index (χ2v) is 8.75. The smallest absolute Gasteiger partial charge is 0.170 e. The summed E-state index contributed by atoms with van der Waals surface area (Å²) in [4.78, 5) is 6.82. The van der Waals surface area contributed by atoms with Gasteiger partial charge in [0.25, 0.3) is 0 Å². The van der Waals surface area contributed by atoms with Crippen molar-refractivity contribution in [2.24, 2.45) is 0 Å². The van der Waals surface area contributed by atoms with Crippen molar-refractivity contribution < 1.29 is 5.11 Å². The molecule has 3 heterocycles. The van der Waals surface area contributed by atoms with Gasteiger partial charge in [0.2, 0.25) is 0 Å². The first-order valence-electron chi connectivity index (χ1n) is 10.5. The lowest BCUT2D eigenvalue weighted by Crippen LogP contribution is -2.31. The first-order chi connectivity index (χ1) is 14.9. The van der Waals surface area contributed by atoms with E-state index in [4.69, 9.17) is 23.8 Å². The summed E-state index contributed by atoms with van der Waals surface area (Å²) in [6, 6.07) is 13.8. The van der Waals surface area contributed by atoms with E-state index in [9.17, 15) is 5.11 Å². The van der Waals surface area contributed by atoms with E-state index in [0.717, 1.165) is 17.1 Å². The van der Waals surface area contributed by atoms with Crippen LogP contribution in [-0.4, -0.2) is 37.8 Å². The Morgan fingerprint density at radius 3 is 2.61 bits per heavy atom. The van der Waals surface area contributed by atoms with E-state index in [2.05, 4.69) is 46.6 Å². The molecule has 2 atom stereocenters. The summed E-state index contributed by atoms with van der Waals surface area (Å²) in [7, 11) is 0. The van der Waals surface area contributed by atoms with Gasteiger partial charge in [0, 0.05) is 47.0 Å². The van der Waals surface area contributed by atoms with Gasteiger partial charge >= 0.3 is 0 Å². The Hall–Kier alpha value is -2.41. The SMILES string of the molecule is Cc1c([C@@H]2[C@@H](c3ccccn3)NC(=S)N2CCCO)c(C)n(-c2cccc(Cl)c2)c1C. The fraction of sp³-hybridized carbons (Fsp3) is 0.333. The summed E-state index contributed by atoms with van der Waals surface area (Å²) < 4.78 is 2.26. The van der Waals surface area contributed by atoms with E-state index in [0.29, 0.717) is 23.1 Å². The van der Waals surface area contributed by atoms with Crippen LogP contribution in [0.25, 0.3) is 5.69 Å². The molecule has 1 aromatic carbocycles. The molecule has 1 aliphatic rings. The molecule has 1 saturated heterocycles. The quantitative estimate of drug-likeness (QED) is 0.523. The van der Waals surface area contributed by atoms with Gasteiger partial charge in [-0.2, -0.15) is 0 Å². The number of aliphatic hydroxyl groups is 1. The number of rotatable bonds is 6. The lowest BCUT2D eigenvalue weighted by Gasteiger charge is -2.28. The highest BCUT2D eigenvalue weighted by Gasteiger charge is 2.42. The average molecular weight is 455 g/mol. The first-order valence-corrected chi connectivity index (χ1v) is 11.3. The zero-order valence-electron chi connectivity index (χ0n) is 18.0. The third kappa shape index (κ3) is 3.95. The monoisotopic (exact) mass is 454 g/mol. The van der Waals surface area contributed by atoms with Crippen LogP contribution in [0.2, 0.25) is 5.02 Å². The highest BCUT2D eigenvalue weighted by molar-refractivity contribution is 7.80. The Morgan fingerprint density at radius 1 is 1.13 bits per heavy atom. The Labute approximate surface area is 193 Å². The van der Waals surface area contributed by atoms with Gasteiger partial charge in [0.15, 0.2) is 5.11 Å². The molecule has 0 unspecified atom stereocenters. The van der Waals surface area contributed by atoms with Crippen LogP contribution in [0.1, 0.15) is 46.7 Å². The largest absolute Gasteiger partial charge is 0.396 e. The van der Waals surface area contributed by atoms with Gasteiger partial charge in [-0.3, -0.25) is 4.98 Å². The van der Waals surface area contributed by atoms with Crippen molar-refractivity contribution in [2.45, 2.75) is 39.3 Å². The second kappa shape index (κ2) is 8.99. The van der Waals surface area contributed by atoms with Crippen LogP contribution in [0.5, 0.6) is 0 Å². The normalized spacial score (nSPS) is 18.5. The maximum atomic E-state index is 9.47. The van der Waals surface area contributed by atoms with Crippen LogP contribution in [0.4, 0.5) is 0 Å². The number of pyridine rings is 1. The number of thiocarbonyl (C=S) groups is 1. The number of aliphatic hydroxyl groups excluding tert-OH is 1. The molecule has 5 nitrogen and oxygen atoms in total. The minimum atomic E-state index is -0.0700. The maximum Gasteiger partial charge on any atom is 0.170 e. The molecule has 0 amide bonds. The number of hydrogen-bond acceptors (Lipinski definition) is 3. The molecule has 0 bridgehead atoms. The molecule has 3 aromatic rings. The van der Waals surface area contributed by atoms with Crippen LogP contribution < -0.4 is 5.32 Å². The van der Waals surface area contributed by atoms with Gasteiger partial charge < -0.3 is 19.9 Å². The van der Waals surface area contributed by atoms with E-state index in [1.54, 1.807) is 0 Å². The molecule has 4 rings (SSSR count). The fourth-order valence-electron chi connectivity index (χ4n) is 4.65. The summed E-state index contributed by atoms with van der Waals surface area (Å²) in [6.45, 7) is 7.26. The van der Waals surface area contributed by atoms with Crippen LogP contribution >= 0.6 is 23.8 Å². The highest BCUT2D eigenvalue weighted by atomic mass is 35.5. The lowest BCUT2D eigenvalue weighted by molar-refractivity contribution is 0.247. The van der Waals surface area contributed by atoms with Crippen molar-refractivity contribution in [3.05, 3.63) is 81.9 Å². The van der Waals surface area contributed by atoms with Gasteiger partial charge in [-0.05, 0) is 75.3 Å². The summed E-state index contributed by atoms with van der Waals surface area (Å²) in [6.07, 6.45) is 2.47. The summed E-state index contributed by atoms with van der Waals surface area (Å²) in [5.41, 5.74) is 6.79. The van der Waals surface area contributed by atoms with Crippen molar-refractivity contribution in [1.82, 2.24) is 19.8 Å². The van der Waals surface area contributed by atoms with Gasteiger partial charge in [0.1, 0.15) is 0 Å². The number of hydrogen-bond donors (Lipinski definition) is 2. The standard InChI is InChI=1S/C24H27ClN4OS/c1-15-16(2)29(19-9-6-8-18(25)14-19)17(3)21(15)23-22(20-10-4-5-11-26-20)27-24(31)28(23)12-7-13-30/h4-6,8-11,14,22-23,30H,7,12-13H2,1-3H3,(H,27,31)/t22-,23-/m1/s1. The molecule has 7 heteroatoms. The molecule has 31 heavy (non-hydrogen) atoms. The Morgan fingerprint density at radius 2 is 1.94 bits per heavy atom. The predicted molar refractivity (Wildman–Crippen MR) is 129 cm³/mol. The minimum absolute atomic E-state index is 0.0203. The second-order valence-electron chi connectivity index (χ2n) is 7.92. The molecule has 1 fully saturated rings. The molecule has 0 spiro atoms. The van der Waals surface area contributed by atoms with Crippen LogP contribution in [0.3, 0.4) is 0 Å². The maximum absolute atomic E-state index is 9.47. The summed E-state index contributed by atoms with van der Waals surface area (Å²) in [5.74, 6) is 0. The van der Waals surface area contributed by atoms with Crippen molar-refractivity contribution in [3.8, 4) is 5.69 Å². The zero-order chi connectivity index (χ0) is 22.1. The number of halogens is 1. The number of benzene rings is 1. The molecule has 1 aliphatic heterocycles. The van der Waals surface area contributed by atoms with Crippen LogP contribution in [0, 0.1) is 20.8 Å². The number of nitrogens with one attached hydrogen (secondary N) is 1. The molecular formula is C24H27ClN4OS. The lowest BCUT2D eigenvalue weighted by atomic mass is 9.93. The van der Waals surface area contributed by atoms with Crippen molar-refractivity contribution in [2.75, 3.05) is 13.2 Å². The van der Waals surface area contributed by atoms with Crippen molar-refractivity contribution in [1.29, 1.82) is 0 Å². The van der Waals surface area contributed by atoms with Gasteiger partial charge in [-0.15, -0.1) is 0 Å². The van der Waals surface area contributed by atoms with E-state index < -0.39 is 0 Å². The van der Waals surface area contributed by atoms with E-state index >= 15 is 0 Å². The zero-order valence-corrected chi connectivity index (χ0v) is 19.5.